The zero-order chi connectivity index (χ0) is 13.1. The molecule has 0 radical (unpaired) electrons. The Labute approximate surface area is 122 Å². The molecule has 0 saturated heterocycles. The summed E-state index contributed by atoms with van der Waals surface area (Å²) in [5, 5.41) is 5.62. The van der Waals surface area contributed by atoms with E-state index in [-0.39, 0.29) is 11.9 Å². The van der Waals surface area contributed by atoms with Crippen molar-refractivity contribution in [3.05, 3.63) is 49.8 Å². The molecular weight excluding hydrogens is 339 g/mol. The first-order chi connectivity index (χ1) is 8.60. The van der Waals surface area contributed by atoms with Gasteiger partial charge in [0.15, 0.2) is 0 Å². The minimum Gasteiger partial charge on any atom is -0.375 e. The zero-order valence-electron chi connectivity index (χ0n) is 9.29. The molecule has 96 valence electrons. The van der Waals surface area contributed by atoms with Gasteiger partial charge in [-0.2, -0.15) is 0 Å². The predicted octanol–water partition coefficient (Wildman–Crippen LogP) is 4.42. The van der Waals surface area contributed by atoms with Crippen LogP contribution in [0.15, 0.2) is 34.1 Å². The number of hydrogen-bond acceptors (Lipinski definition) is 3. The van der Waals surface area contributed by atoms with Gasteiger partial charge in [-0.15, -0.1) is 11.3 Å². The summed E-state index contributed by atoms with van der Waals surface area (Å²) in [6.45, 7) is 0.403. The Balaban J connectivity index is 2.22. The molecular formula is C12H11BrClFN2S. The van der Waals surface area contributed by atoms with Crippen LogP contribution in [0.2, 0.25) is 5.02 Å². The maximum atomic E-state index is 13.2. The van der Waals surface area contributed by atoms with Crippen LogP contribution >= 0.6 is 38.9 Å². The van der Waals surface area contributed by atoms with E-state index in [1.54, 1.807) is 11.3 Å². The molecule has 0 saturated carbocycles. The van der Waals surface area contributed by atoms with Gasteiger partial charge in [0, 0.05) is 21.3 Å². The van der Waals surface area contributed by atoms with Crippen LogP contribution in [0.5, 0.6) is 0 Å². The molecule has 0 spiro atoms. The molecule has 3 N–H and O–H groups in total. The second-order valence-corrected chi connectivity index (χ2v) is 5.99. The topological polar surface area (TPSA) is 38.0 Å². The highest BCUT2D eigenvalue weighted by Crippen LogP contribution is 2.30. The lowest BCUT2D eigenvalue weighted by Gasteiger charge is -2.17. The van der Waals surface area contributed by atoms with Crippen LogP contribution in [0.1, 0.15) is 10.9 Å². The van der Waals surface area contributed by atoms with Crippen LogP contribution in [0.3, 0.4) is 0 Å². The average molecular weight is 350 g/mol. The van der Waals surface area contributed by atoms with E-state index in [1.807, 2.05) is 11.4 Å². The Morgan fingerprint density at radius 1 is 1.44 bits per heavy atom. The molecule has 2 nitrogen and oxygen atoms in total. The number of nitrogens with one attached hydrogen (secondary N) is 1. The Kier molecular flexibility index (Phi) is 4.61. The fraction of sp³-hybridized carbons (Fsp3) is 0.167. The fourth-order valence-corrected chi connectivity index (χ4v) is 3.23. The Hall–Kier alpha value is -0.620. The van der Waals surface area contributed by atoms with Gasteiger partial charge < -0.3 is 11.1 Å². The third-order valence-corrected chi connectivity index (χ3v) is 4.56. The summed E-state index contributed by atoms with van der Waals surface area (Å²) in [7, 11) is 0. The Morgan fingerprint density at radius 2 is 2.22 bits per heavy atom. The van der Waals surface area contributed by atoms with Crippen LogP contribution < -0.4 is 11.1 Å². The molecule has 2 aromatic rings. The number of halogens is 3. The summed E-state index contributed by atoms with van der Waals surface area (Å²) < 4.78 is 14.2. The minimum absolute atomic E-state index is 0.0828. The van der Waals surface area contributed by atoms with E-state index in [0.29, 0.717) is 17.3 Å². The highest BCUT2D eigenvalue weighted by Gasteiger charge is 2.13. The summed E-state index contributed by atoms with van der Waals surface area (Å²) in [6, 6.07) is 6.13. The van der Waals surface area contributed by atoms with E-state index in [2.05, 4.69) is 21.2 Å². The number of benzene rings is 1. The van der Waals surface area contributed by atoms with E-state index in [0.717, 1.165) is 9.35 Å². The average Bonchev–Trinajstić information content (AvgIpc) is 2.77. The molecule has 1 unspecified atom stereocenters. The SMILES string of the molecule is NCC(Nc1cc(F)ccc1Cl)c1cc(Br)cs1. The van der Waals surface area contributed by atoms with Crippen molar-refractivity contribution in [3.63, 3.8) is 0 Å². The van der Waals surface area contributed by atoms with Gasteiger partial charge >= 0.3 is 0 Å². The third kappa shape index (κ3) is 3.23. The van der Waals surface area contributed by atoms with E-state index in [1.165, 1.54) is 18.2 Å². The standard InChI is InChI=1S/C12H11BrClFN2S/c13-7-3-12(18-6-7)11(5-16)17-10-4-8(15)1-2-9(10)14/h1-4,6,11,17H,5,16H2. The van der Waals surface area contributed by atoms with Crippen molar-refractivity contribution < 1.29 is 4.39 Å². The quantitative estimate of drug-likeness (QED) is 0.858. The Morgan fingerprint density at radius 3 is 2.83 bits per heavy atom. The molecule has 1 aromatic heterocycles. The smallest absolute Gasteiger partial charge is 0.125 e. The van der Waals surface area contributed by atoms with Gasteiger partial charge in [0.2, 0.25) is 0 Å². The minimum atomic E-state index is -0.329. The van der Waals surface area contributed by atoms with Crippen molar-refractivity contribution in [1.29, 1.82) is 0 Å². The maximum Gasteiger partial charge on any atom is 0.125 e. The van der Waals surface area contributed by atoms with Gasteiger partial charge in [0.25, 0.3) is 0 Å². The second-order valence-electron chi connectivity index (χ2n) is 3.72. The van der Waals surface area contributed by atoms with Crippen LogP contribution in [0.25, 0.3) is 0 Å². The molecule has 1 atom stereocenters. The molecule has 2 rings (SSSR count). The molecule has 0 bridgehead atoms. The zero-order valence-corrected chi connectivity index (χ0v) is 12.4. The highest BCUT2D eigenvalue weighted by molar-refractivity contribution is 9.10. The molecule has 1 aromatic carbocycles. The summed E-state index contributed by atoms with van der Waals surface area (Å²) in [4.78, 5) is 1.07. The first-order valence-electron chi connectivity index (χ1n) is 5.25. The van der Waals surface area contributed by atoms with E-state index < -0.39 is 0 Å². The number of rotatable bonds is 4. The van der Waals surface area contributed by atoms with Crippen LogP contribution in [-0.2, 0) is 0 Å². The number of hydrogen-bond donors (Lipinski definition) is 2. The van der Waals surface area contributed by atoms with Crippen molar-refractivity contribution in [3.8, 4) is 0 Å². The summed E-state index contributed by atoms with van der Waals surface area (Å²) in [5.41, 5.74) is 6.29. The van der Waals surface area contributed by atoms with Gasteiger partial charge in [-0.3, -0.25) is 0 Å². The van der Waals surface area contributed by atoms with Crippen LogP contribution in [-0.4, -0.2) is 6.54 Å². The first kappa shape index (κ1) is 13.8. The molecule has 18 heavy (non-hydrogen) atoms. The van der Waals surface area contributed by atoms with Gasteiger partial charge in [-0.1, -0.05) is 11.6 Å². The maximum absolute atomic E-state index is 13.2. The summed E-state index contributed by atoms with van der Waals surface area (Å²) in [6.07, 6.45) is 0. The number of thiophene rings is 1. The van der Waals surface area contributed by atoms with Crippen molar-refractivity contribution in [1.82, 2.24) is 0 Å². The predicted molar refractivity (Wildman–Crippen MR) is 78.8 cm³/mol. The molecule has 0 aliphatic carbocycles. The molecule has 0 fully saturated rings. The van der Waals surface area contributed by atoms with E-state index >= 15 is 0 Å². The lowest BCUT2D eigenvalue weighted by Crippen LogP contribution is -2.19. The lowest BCUT2D eigenvalue weighted by molar-refractivity contribution is 0.627. The molecule has 0 aliphatic heterocycles. The van der Waals surface area contributed by atoms with Crippen LogP contribution in [0, 0.1) is 5.82 Å². The van der Waals surface area contributed by atoms with Gasteiger partial charge in [-0.25, -0.2) is 4.39 Å². The molecule has 6 heteroatoms. The van der Waals surface area contributed by atoms with Gasteiger partial charge in [0.05, 0.1) is 16.8 Å². The fourth-order valence-electron chi connectivity index (χ4n) is 1.55. The highest BCUT2D eigenvalue weighted by atomic mass is 79.9. The molecule has 1 heterocycles. The molecule has 0 aliphatic rings. The van der Waals surface area contributed by atoms with Crippen molar-refractivity contribution in [2.24, 2.45) is 5.73 Å². The first-order valence-corrected chi connectivity index (χ1v) is 7.31. The van der Waals surface area contributed by atoms with Gasteiger partial charge in [-0.05, 0) is 40.2 Å². The normalized spacial score (nSPS) is 12.4. The number of nitrogens with two attached hydrogens (primary N) is 1. The summed E-state index contributed by atoms with van der Waals surface area (Å²) >= 11 is 11.0. The monoisotopic (exact) mass is 348 g/mol. The van der Waals surface area contributed by atoms with Crippen molar-refractivity contribution >= 4 is 44.6 Å². The number of anilines is 1. The third-order valence-electron chi connectivity index (χ3n) is 2.43. The second kappa shape index (κ2) is 6.02. The Bertz CT molecular complexity index is 547. The van der Waals surface area contributed by atoms with Crippen molar-refractivity contribution in [2.45, 2.75) is 6.04 Å². The molecule has 0 amide bonds. The summed E-state index contributed by atoms with van der Waals surface area (Å²) in [5.74, 6) is -0.329. The van der Waals surface area contributed by atoms with Crippen molar-refractivity contribution in [2.75, 3.05) is 11.9 Å². The van der Waals surface area contributed by atoms with E-state index in [9.17, 15) is 4.39 Å². The van der Waals surface area contributed by atoms with Gasteiger partial charge in [0.1, 0.15) is 5.82 Å². The van der Waals surface area contributed by atoms with E-state index in [4.69, 9.17) is 17.3 Å². The lowest BCUT2D eigenvalue weighted by atomic mass is 10.2. The largest absolute Gasteiger partial charge is 0.375 e. The van der Waals surface area contributed by atoms with Crippen LogP contribution in [0.4, 0.5) is 10.1 Å².